The summed E-state index contributed by atoms with van der Waals surface area (Å²) >= 11 is 0. The molecule has 1 aromatic heterocycles. The molecule has 1 atom stereocenters. The van der Waals surface area contributed by atoms with Gasteiger partial charge in [-0.15, -0.1) is 0 Å². The average molecular weight is 247 g/mol. The van der Waals surface area contributed by atoms with Gasteiger partial charge in [-0.05, 0) is 25.0 Å². The van der Waals surface area contributed by atoms with Crippen molar-refractivity contribution in [2.45, 2.75) is 26.8 Å². The van der Waals surface area contributed by atoms with Gasteiger partial charge in [0.05, 0.1) is 13.2 Å². The fourth-order valence-electron chi connectivity index (χ4n) is 1.34. The molecule has 1 heterocycles. The number of pyridine rings is 1. The first-order chi connectivity index (χ1) is 8.55. The van der Waals surface area contributed by atoms with Gasteiger partial charge in [0.2, 0.25) is 11.8 Å². The van der Waals surface area contributed by atoms with Crippen molar-refractivity contribution < 1.29 is 9.53 Å². The monoisotopic (exact) mass is 247 g/mol. The van der Waals surface area contributed by atoms with Gasteiger partial charge in [0.15, 0.2) is 0 Å². The molecule has 5 nitrogen and oxygen atoms in total. The lowest BCUT2D eigenvalue weighted by Crippen LogP contribution is -2.37. The summed E-state index contributed by atoms with van der Waals surface area (Å²) in [5, 5.41) is 11.7. The Hall–Kier alpha value is -2.09. The van der Waals surface area contributed by atoms with Crippen LogP contribution in [0, 0.1) is 16.7 Å². The van der Waals surface area contributed by atoms with Crippen LogP contribution in [0.25, 0.3) is 0 Å². The first-order valence-electron chi connectivity index (χ1n) is 5.74. The number of nitrogens with one attached hydrogen (secondary N) is 1. The van der Waals surface area contributed by atoms with Crippen LogP contribution in [0.3, 0.4) is 0 Å². The largest absolute Gasteiger partial charge is 0.481 e. The summed E-state index contributed by atoms with van der Waals surface area (Å²) in [7, 11) is 1.54. The summed E-state index contributed by atoms with van der Waals surface area (Å²) < 4.78 is 5.00. The maximum absolute atomic E-state index is 11.9. The van der Waals surface area contributed by atoms with Gasteiger partial charge in [-0.25, -0.2) is 4.98 Å². The predicted molar refractivity (Wildman–Crippen MR) is 66.6 cm³/mol. The van der Waals surface area contributed by atoms with Crippen molar-refractivity contribution in [1.82, 2.24) is 10.3 Å². The van der Waals surface area contributed by atoms with Crippen molar-refractivity contribution in [1.29, 1.82) is 5.26 Å². The Morgan fingerprint density at radius 3 is 2.94 bits per heavy atom. The summed E-state index contributed by atoms with van der Waals surface area (Å²) in [5.41, 5.74) is -0.0940. The van der Waals surface area contributed by atoms with Gasteiger partial charge in [-0.1, -0.05) is 6.92 Å². The molecule has 0 aromatic carbocycles. The van der Waals surface area contributed by atoms with E-state index in [0.717, 1.165) is 5.56 Å². The number of amides is 1. The molecule has 0 spiro atoms. The van der Waals surface area contributed by atoms with Gasteiger partial charge in [-0.2, -0.15) is 5.26 Å². The summed E-state index contributed by atoms with van der Waals surface area (Å²) in [6.45, 7) is 3.81. The molecule has 1 rings (SSSR count). The van der Waals surface area contributed by atoms with Gasteiger partial charge in [0.25, 0.3) is 0 Å². The third-order valence-electron chi connectivity index (χ3n) is 2.92. The molecule has 1 amide bonds. The lowest BCUT2D eigenvalue weighted by molar-refractivity contribution is -0.127. The van der Waals surface area contributed by atoms with Crippen LogP contribution in [-0.4, -0.2) is 18.0 Å². The summed E-state index contributed by atoms with van der Waals surface area (Å²) in [6, 6.07) is 5.57. The predicted octanol–water partition coefficient (Wildman–Crippen LogP) is 1.65. The Kier molecular flexibility index (Phi) is 4.67. The lowest BCUT2D eigenvalue weighted by atomic mass is 9.88. The van der Waals surface area contributed by atoms with Crippen LogP contribution in [-0.2, 0) is 11.3 Å². The normalized spacial score (nSPS) is 13.2. The quantitative estimate of drug-likeness (QED) is 0.858. The molecule has 18 heavy (non-hydrogen) atoms. The summed E-state index contributed by atoms with van der Waals surface area (Å²) in [4.78, 5) is 15.9. The minimum Gasteiger partial charge on any atom is -0.481 e. The fraction of sp³-hybridized carbons (Fsp3) is 0.462. The number of nitriles is 1. The topological polar surface area (TPSA) is 75.0 Å². The Balaban J connectivity index is 2.65. The van der Waals surface area contributed by atoms with Crippen molar-refractivity contribution in [3.8, 4) is 11.9 Å². The number of rotatable bonds is 5. The molecule has 0 aliphatic rings. The zero-order valence-corrected chi connectivity index (χ0v) is 10.9. The second-order valence-electron chi connectivity index (χ2n) is 4.19. The first-order valence-corrected chi connectivity index (χ1v) is 5.74. The van der Waals surface area contributed by atoms with E-state index in [1.807, 2.05) is 13.0 Å². The minimum atomic E-state index is -0.975. The molecule has 0 radical (unpaired) electrons. The van der Waals surface area contributed by atoms with Crippen LogP contribution in [0.15, 0.2) is 18.3 Å². The van der Waals surface area contributed by atoms with Crippen molar-refractivity contribution in [2.24, 2.45) is 5.41 Å². The SMILES string of the molecule is CCC(C)(C#N)C(=O)NCc1ccnc(OC)c1. The van der Waals surface area contributed by atoms with Crippen molar-refractivity contribution in [3.63, 3.8) is 0 Å². The Bertz CT molecular complexity index is 468. The highest BCUT2D eigenvalue weighted by Gasteiger charge is 2.30. The van der Waals surface area contributed by atoms with E-state index in [0.29, 0.717) is 18.8 Å². The molecule has 1 unspecified atom stereocenters. The smallest absolute Gasteiger partial charge is 0.240 e. The molecule has 0 aliphatic heterocycles. The third kappa shape index (κ3) is 3.20. The maximum atomic E-state index is 11.9. The fourth-order valence-corrected chi connectivity index (χ4v) is 1.34. The highest BCUT2D eigenvalue weighted by molar-refractivity contribution is 5.84. The molecule has 1 aromatic rings. The molecule has 0 aliphatic carbocycles. The van der Waals surface area contributed by atoms with Crippen LogP contribution in [0.4, 0.5) is 0 Å². The van der Waals surface area contributed by atoms with Crippen LogP contribution in [0.5, 0.6) is 5.88 Å². The lowest BCUT2D eigenvalue weighted by Gasteiger charge is -2.18. The molecule has 1 N–H and O–H groups in total. The zero-order chi connectivity index (χ0) is 13.6. The minimum absolute atomic E-state index is 0.261. The van der Waals surface area contributed by atoms with Crippen molar-refractivity contribution in [2.75, 3.05) is 7.11 Å². The maximum Gasteiger partial charge on any atom is 0.240 e. The Morgan fingerprint density at radius 1 is 1.67 bits per heavy atom. The van der Waals surface area contributed by atoms with E-state index in [1.54, 1.807) is 25.3 Å². The summed E-state index contributed by atoms with van der Waals surface area (Å²) in [5.74, 6) is 0.239. The third-order valence-corrected chi connectivity index (χ3v) is 2.92. The number of ether oxygens (including phenoxy) is 1. The molecule has 0 bridgehead atoms. The van der Waals surface area contributed by atoms with E-state index in [4.69, 9.17) is 10.00 Å². The van der Waals surface area contributed by atoms with E-state index in [9.17, 15) is 4.79 Å². The zero-order valence-electron chi connectivity index (χ0n) is 10.9. The van der Waals surface area contributed by atoms with Crippen molar-refractivity contribution >= 4 is 5.91 Å². The Labute approximate surface area is 107 Å². The molecule has 0 fully saturated rings. The number of carbonyl (C=O) groups is 1. The van der Waals surface area contributed by atoms with Gasteiger partial charge < -0.3 is 10.1 Å². The van der Waals surface area contributed by atoms with Crippen LogP contribution in [0.2, 0.25) is 0 Å². The average Bonchev–Trinajstić information content (AvgIpc) is 2.43. The van der Waals surface area contributed by atoms with Gasteiger partial charge in [0, 0.05) is 18.8 Å². The van der Waals surface area contributed by atoms with E-state index in [2.05, 4.69) is 10.3 Å². The van der Waals surface area contributed by atoms with Gasteiger partial charge in [0.1, 0.15) is 5.41 Å². The number of methoxy groups -OCH3 is 1. The summed E-state index contributed by atoms with van der Waals surface area (Å²) in [6.07, 6.45) is 2.10. The number of nitrogens with zero attached hydrogens (tertiary/aromatic N) is 2. The molecular formula is C13H17N3O2. The number of hydrogen-bond donors (Lipinski definition) is 1. The number of aromatic nitrogens is 1. The van der Waals surface area contributed by atoms with E-state index >= 15 is 0 Å². The van der Waals surface area contributed by atoms with E-state index in [1.165, 1.54) is 7.11 Å². The van der Waals surface area contributed by atoms with Gasteiger partial charge in [-0.3, -0.25) is 4.79 Å². The molecule has 0 saturated carbocycles. The molecule has 96 valence electrons. The first kappa shape index (κ1) is 14.0. The van der Waals surface area contributed by atoms with E-state index in [-0.39, 0.29) is 5.91 Å². The van der Waals surface area contributed by atoms with Crippen molar-refractivity contribution in [3.05, 3.63) is 23.9 Å². The van der Waals surface area contributed by atoms with E-state index < -0.39 is 5.41 Å². The second kappa shape index (κ2) is 6.01. The van der Waals surface area contributed by atoms with Crippen LogP contribution < -0.4 is 10.1 Å². The number of carbonyl (C=O) groups excluding carboxylic acids is 1. The van der Waals surface area contributed by atoms with Gasteiger partial charge >= 0.3 is 0 Å². The standard InChI is InChI=1S/C13H17N3O2/c1-4-13(2,9-14)12(17)16-8-10-5-6-15-11(7-10)18-3/h5-7H,4,8H2,1-3H3,(H,16,17). The molecule has 0 saturated heterocycles. The highest BCUT2D eigenvalue weighted by Crippen LogP contribution is 2.19. The highest BCUT2D eigenvalue weighted by atomic mass is 16.5. The van der Waals surface area contributed by atoms with Crippen LogP contribution >= 0.6 is 0 Å². The number of hydrogen-bond acceptors (Lipinski definition) is 4. The molecule has 5 heteroatoms. The second-order valence-corrected chi connectivity index (χ2v) is 4.19. The Morgan fingerprint density at radius 2 is 2.39 bits per heavy atom. The molecular weight excluding hydrogens is 230 g/mol. The van der Waals surface area contributed by atoms with Crippen LogP contribution in [0.1, 0.15) is 25.8 Å².